The van der Waals surface area contributed by atoms with E-state index in [-0.39, 0.29) is 5.38 Å². The van der Waals surface area contributed by atoms with Crippen LogP contribution in [-0.4, -0.2) is 21.7 Å². The number of aromatic nitrogens is 3. The summed E-state index contributed by atoms with van der Waals surface area (Å²) >= 11 is 5.81. The Kier molecular flexibility index (Phi) is 3.93. The maximum absolute atomic E-state index is 5.81. The summed E-state index contributed by atoms with van der Waals surface area (Å²) in [5.41, 5.74) is 1.16. The lowest BCUT2D eigenvalue weighted by molar-refractivity contribution is 0.506. The molecule has 0 amide bonds. The number of halogens is 1. The Morgan fingerprint density at radius 1 is 1.47 bits per heavy atom. The van der Waals surface area contributed by atoms with Gasteiger partial charge in [0.2, 0.25) is 5.89 Å². The van der Waals surface area contributed by atoms with Crippen LogP contribution >= 0.6 is 11.6 Å². The van der Waals surface area contributed by atoms with Crippen molar-refractivity contribution in [3.8, 4) is 0 Å². The minimum atomic E-state index is -0.267. The van der Waals surface area contributed by atoms with Crippen molar-refractivity contribution in [3.05, 3.63) is 36.0 Å². The smallest absolute Gasteiger partial charge is 0.315 e. The number of hydrogen-bond donors (Lipinski definition) is 1. The zero-order valence-electron chi connectivity index (χ0n) is 9.43. The molecule has 0 saturated carbocycles. The van der Waals surface area contributed by atoms with E-state index in [1.807, 2.05) is 18.3 Å². The van der Waals surface area contributed by atoms with Gasteiger partial charge in [-0.2, -0.15) is 0 Å². The van der Waals surface area contributed by atoms with E-state index in [1.165, 1.54) is 0 Å². The summed E-state index contributed by atoms with van der Waals surface area (Å²) in [4.78, 5) is 4.04. The SMILES string of the molecule is CC(Cl)c1nnc(NCCc2cccnc2)o1. The summed E-state index contributed by atoms with van der Waals surface area (Å²) in [6.07, 6.45) is 4.44. The number of rotatable bonds is 5. The molecular weight excluding hydrogens is 240 g/mol. The Hall–Kier alpha value is -1.62. The summed E-state index contributed by atoms with van der Waals surface area (Å²) < 4.78 is 5.30. The summed E-state index contributed by atoms with van der Waals surface area (Å²) in [5, 5.41) is 10.4. The molecular formula is C11H13ClN4O. The first-order chi connectivity index (χ1) is 8.25. The monoisotopic (exact) mass is 252 g/mol. The van der Waals surface area contributed by atoms with E-state index in [9.17, 15) is 0 Å². The molecule has 1 N–H and O–H groups in total. The Morgan fingerprint density at radius 3 is 3.00 bits per heavy atom. The Morgan fingerprint density at radius 2 is 2.35 bits per heavy atom. The van der Waals surface area contributed by atoms with Gasteiger partial charge in [-0.1, -0.05) is 11.2 Å². The van der Waals surface area contributed by atoms with Crippen LogP contribution in [0.15, 0.2) is 28.9 Å². The topological polar surface area (TPSA) is 63.8 Å². The van der Waals surface area contributed by atoms with E-state index >= 15 is 0 Å². The van der Waals surface area contributed by atoms with Crippen LogP contribution in [0.4, 0.5) is 6.01 Å². The van der Waals surface area contributed by atoms with Crippen molar-refractivity contribution < 1.29 is 4.42 Å². The minimum absolute atomic E-state index is 0.267. The highest BCUT2D eigenvalue weighted by molar-refractivity contribution is 6.20. The Labute approximate surface area is 104 Å². The molecule has 0 aliphatic heterocycles. The Bertz CT molecular complexity index is 458. The number of nitrogens with one attached hydrogen (secondary N) is 1. The maximum atomic E-state index is 5.81. The lowest BCUT2D eigenvalue weighted by Crippen LogP contribution is -2.05. The van der Waals surface area contributed by atoms with Gasteiger partial charge in [0.1, 0.15) is 5.38 Å². The van der Waals surface area contributed by atoms with Crippen molar-refractivity contribution in [2.75, 3.05) is 11.9 Å². The standard InChI is InChI=1S/C11H13ClN4O/c1-8(12)10-15-16-11(17-10)14-6-4-9-3-2-5-13-7-9/h2-3,5,7-8H,4,6H2,1H3,(H,14,16). The fourth-order valence-corrected chi connectivity index (χ4v) is 1.41. The van der Waals surface area contributed by atoms with Crippen molar-refractivity contribution in [2.45, 2.75) is 18.7 Å². The molecule has 5 nitrogen and oxygen atoms in total. The summed E-state index contributed by atoms with van der Waals surface area (Å²) in [6.45, 7) is 2.50. The highest BCUT2D eigenvalue weighted by Crippen LogP contribution is 2.18. The van der Waals surface area contributed by atoms with Gasteiger partial charge in [0.05, 0.1) is 0 Å². The van der Waals surface area contributed by atoms with Crippen LogP contribution in [0.1, 0.15) is 23.8 Å². The van der Waals surface area contributed by atoms with Gasteiger partial charge in [-0.25, -0.2) is 0 Å². The van der Waals surface area contributed by atoms with Crippen molar-refractivity contribution in [1.29, 1.82) is 0 Å². The number of alkyl halides is 1. The van der Waals surface area contributed by atoms with Gasteiger partial charge in [-0.15, -0.1) is 16.7 Å². The molecule has 0 aliphatic rings. The quantitative estimate of drug-likeness (QED) is 0.828. The first kappa shape index (κ1) is 11.9. The second kappa shape index (κ2) is 5.63. The molecule has 2 rings (SSSR count). The number of nitrogens with zero attached hydrogens (tertiary/aromatic N) is 3. The van der Waals surface area contributed by atoms with Gasteiger partial charge in [0.25, 0.3) is 0 Å². The van der Waals surface area contributed by atoms with E-state index in [2.05, 4.69) is 20.5 Å². The molecule has 0 aliphatic carbocycles. The highest BCUT2D eigenvalue weighted by Gasteiger charge is 2.10. The van der Waals surface area contributed by atoms with Crippen molar-refractivity contribution in [2.24, 2.45) is 0 Å². The fourth-order valence-electron chi connectivity index (χ4n) is 1.33. The third-order valence-electron chi connectivity index (χ3n) is 2.19. The molecule has 2 heterocycles. The van der Waals surface area contributed by atoms with E-state index in [0.29, 0.717) is 18.5 Å². The Balaban J connectivity index is 1.82. The minimum Gasteiger partial charge on any atom is -0.407 e. The van der Waals surface area contributed by atoms with Crippen LogP contribution in [0.5, 0.6) is 0 Å². The van der Waals surface area contributed by atoms with Crippen LogP contribution < -0.4 is 5.32 Å². The first-order valence-corrected chi connectivity index (χ1v) is 5.79. The van der Waals surface area contributed by atoms with E-state index in [1.54, 1.807) is 13.1 Å². The van der Waals surface area contributed by atoms with Crippen LogP contribution in [0.25, 0.3) is 0 Å². The van der Waals surface area contributed by atoms with Gasteiger partial charge >= 0.3 is 6.01 Å². The van der Waals surface area contributed by atoms with E-state index in [0.717, 1.165) is 12.0 Å². The van der Waals surface area contributed by atoms with Crippen LogP contribution in [0.2, 0.25) is 0 Å². The second-order valence-corrected chi connectivity index (χ2v) is 4.25. The predicted molar refractivity (Wildman–Crippen MR) is 65.0 cm³/mol. The zero-order valence-corrected chi connectivity index (χ0v) is 10.2. The van der Waals surface area contributed by atoms with Gasteiger partial charge in [-0.05, 0) is 25.0 Å². The molecule has 2 aromatic rings. The number of pyridine rings is 1. The van der Waals surface area contributed by atoms with E-state index in [4.69, 9.17) is 16.0 Å². The molecule has 1 unspecified atom stereocenters. The molecule has 17 heavy (non-hydrogen) atoms. The van der Waals surface area contributed by atoms with Gasteiger partial charge in [-0.3, -0.25) is 4.98 Å². The molecule has 0 saturated heterocycles. The van der Waals surface area contributed by atoms with Crippen molar-refractivity contribution in [1.82, 2.24) is 15.2 Å². The molecule has 1 atom stereocenters. The van der Waals surface area contributed by atoms with E-state index < -0.39 is 0 Å². The van der Waals surface area contributed by atoms with Crippen LogP contribution in [0, 0.1) is 0 Å². The molecule has 6 heteroatoms. The average Bonchev–Trinajstić information content (AvgIpc) is 2.79. The fraction of sp³-hybridized carbons (Fsp3) is 0.364. The summed E-state index contributed by atoms with van der Waals surface area (Å²) in [6, 6.07) is 4.33. The van der Waals surface area contributed by atoms with Crippen molar-refractivity contribution >= 4 is 17.6 Å². The molecule has 0 aromatic carbocycles. The largest absolute Gasteiger partial charge is 0.407 e. The van der Waals surface area contributed by atoms with Crippen molar-refractivity contribution in [3.63, 3.8) is 0 Å². The normalized spacial score (nSPS) is 12.4. The molecule has 0 fully saturated rings. The molecule has 0 bridgehead atoms. The number of hydrogen-bond acceptors (Lipinski definition) is 5. The van der Waals surface area contributed by atoms with Gasteiger partial charge in [0.15, 0.2) is 0 Å². The molecule has 2 aromatic heterocycles. The molecule has 90 valence electrons. The molecule has 0 radical (unpaired) electrons. The predicted octanol–water partition coefficient (Wildman–Crippen LogP) is 2.42. The summed E-state index contributed by atoms with van der Waals surface area (Å²) in [7, 11) is 0. The second-order valence-electron chi connectivity index (χ2n) is 3.60. The van der Waals surface area contributed by atoms with Gasteiger partial charge < -0.3 is 9.73 Å². The van der Waals surface area contributed by atoms with Crippen LogP contribution in [-0.2, 0) is 6.42 Å². The third-order valence-corrected chi connectivity index (χ3v) is 2.38. The average molecular weight is 253 g/mol. The lowest BCUT2D eigenvalue weighted by atomic mass is 10.2. The highest BCUT2D eigenvalue weighted by atomic mass is 35.5. The van der Waals surface area contributed by atoms with Gasteiger partial charge in [0, 0.05) is 18.9 Å². The maximum Gasteiger partial charge on any atom is 0.315 e. The zero-order chi connectivity index (χ0) is 12.1. The molecule has 0 spiro atoms. The van der Waals surface area contributed by atoms with Crippen LogP contribution in [0.3, 0.4) is 0 Å². The summed E-state index contributed by atoms with van der Waals surface area (Å²) in [5.74, 6) is 0.426. The first-order valence-electron chi connectivity index (χ1n) is 5.36. The third kappa shape index (κ3) is 3.42. The lowest BCUT2D eigenvalue weighted by Gasteiger charge is -2.01. The number of anilines is 1.